The Hall–Kier alpha value is -1.94. The average Bonchev–Trinajstić information content (AvgIpc) is 2.49. The molecule has 2 rings (SSSR count). The van der Waals surface area contributed by atoms with Gasteiger partial charge in [0.25, 0.3) is 0 Å². The molecular formula is C16H20FN3. The molecule has 20 heavy (non-hydrogen) atoms. The Bertz CT molecular complexity index is 554. The smallest absolute Gasteiger partial charge is 0.128 e. The molecule has 0 bridgehead atoms. The highest BCUT2D eigenvalue weighted by atomic mass is 19.1. The fraction of sp³-hybridized carbons (Fsp3) is 0.312. The fourth-order valence-corrected chi connectivity index (χ4v) is 2.00. The summed E-state index contributed by atoms with van der Waals surface area (Å²) in [5, 5.41) is 3.15. The molecule has 1 aromatic carbocycles. The first-order valence-electron chi connectivity index (χ1n) is 6.69. The summed E-state index contributed by atoms with van der Waals surface area (Å²) >= 11 is 0. The van der Waals surface area contributed by atoms with Crippen molar-refractivity contribution in [3.8, 4) is 0 Å². The lowest BCUT2D eigenvalue weighted by Gasteiger charge is -2.20. The van der Waals surface area contributed by atoms with Crippen LogP contribution in [0, 0.1) is 5.82 Å². The molecule has 4 heteroatoms. The zero-order valence-electron chi connectivity index (χ0n) is 12.1. The zero-order valence-corrected chi connectivity index (χ0v) is 12.1. The average molecular weight is 273 g/mol. The van der Waals surface area contributed by atoms with Crippen LogP contribution in [0.3, 0.4) is 0 Å². The van der Waals surface area contributed by atoms with Crippen molar-refractivity contribution in [2.75, 3.05) is 19.0 Å². The van der Waals surface area contributed by atoms with E-state index in [1.54, 1.807) is 12.1 Å². The minimum absolute atomic E-state index is 0.173. The second-order valence-electron chi connectivity index (χ2n) is 4.90. The summed E-state index contributed by atoms with van der Waals surface area (Å²) in [5.41, 5.74) is 2.65. The topological polar surface area (TPSA) is 28.2 Å². The number of pyridine rings is 1. The molecule has 1 N–H and O–H groups in total. The Morgan fingerprint density at radius 2 is 2.00 bits per heavy atom. The summed E-state index contributed by atoms with van der Waals surface area (Å²) < 4.78 is 13.6. The van der Waals surface area contributed by atoms with Crippen molar-refractivity contribution in [1.82, 2.24) is 10.3 Å². The molecule has 0 saturated carbocycles. The first-order valence-corrected chi connectivity index (χ1v) is 6.69. The lowest BCUT2D eigenvalue weighted by atomic mass is 10.2. The zero-order chi connectivity index (χ0) is 14.5. The maximum absolute atomic E-state index is 13.6. The maximum Gasteiger partial charge on any atom is 0.128 e. The van der Waals surface area contributed by atoms with Gasteiger partial charge < -0.3 is 10.2 Å². The van der Waals surface area contributed by atoms with Crippen LogP contribution in [0.15, 0.2) is 42.6 Å². The predicted molar refractivity (Wildman–Crippen MR) is 80.2 cm³/mol. The first-order chi connectivity index (χ1) is 9.61. The van der Waals surface area contributed by atoms with E-state index in [0.717, 1.165) is 11.4 Å². The van der Waals surface area contributed by atoms with Gasteiger partial charge in [0.05, 0.1) is 17.6 Å². The van der Waals surface area contributed by atoms with Crippen molar-refractivity contribution < 1.29 is 4.39 Å². The number of rotatable bonds is 5. The molecule has 0 amide bonds. The van der Waals surface area contributed by atoms with E-state index in [1.165, 1.54) is 6.07 Å². The molecule has 1 aromatic heterocycles. The largest absolute Gasteiger partial charge is 0.369 e. The molecule has 1 unspecified atom stereocenters. The number of nitrogens with zero attached hydrogens (tertiary/aromatic N) is 2. The summed E-state index contributed by atoms with van der Waals surface area (Å²) in [7, 11) is 3.84. The Labute approximate surface area is 119 Å². The van der Waals surface area contributed by atoms with Crippen LogP contribution in [-0.2, 0) is 6.54 Å². The van der Waals surface area contributed by atoms with Crippen LogP contribution < -0.4 is 10.2 Å². The summed E-state index contributed by atoms with van der Waals surface area (Å²) in [4.78, 5) is 6.42. The van der Waals surface area contributed by atoms with Crippen LogP contribution in [0.2, 0.25) is 0 Å². The third-order valence-electron chi connectivity index (χ3n) is 3.45. The third kappa shape index (κ3) is 3.33. The minimum Gasteiger partial charge on any atom is -0.369 e. The summed E-state index contributed by atoms with van der Waals surface area (Å²) in [5.74, 6) is -0.173. The van der Waals surface area contributed by atoms with Gasteiger partial charge in [-0.05, 0) is 32.2 Å². The molecule has 1 heterocycles. The molecule has 3 nitrogen and oxygen atoms in total. The highest BCUT2D eigenvalue weighted by Gasteiger charge is 2.08. The summed E-state index contributed by atoms with van der Waals surface area (Å²) in [6, 6.07) is 11.1. The third-order valence-corrected chi connectivity index (χ3v) is 3.45. The van der Waals surface area contributed by atoms with Crippen molar-refractivity contribution >= 4 is 5.69 Å². The van der Waals surface area contributed by atoms with E-state index >= 15 is 0 Å². The molecular weight excluding hydrogens is 253 g/mol. The summed E-state index contributed by atoms with van der Waals surface area (Å²) in [6.45, 7) is 2.58. The van der Waals surface area contributed by atoms with Gasteiger partial charge in [0.15, 0.2) is 0 Å². The molecule has 0 saturated heterocycles. The standard InChI is InChI=1S/C16H20FN3/c1-12(18-2)16-9-8-14(10-19-16)20(3)11-13-6-4-5-7-15(13)17/h4-10,12,18H,11H2,1-3H3. The van der Waals surface area contributed by atoms with E-state index in [4.69, 9.17) is 0 Å². The Kier molecular flexibility index (Phi) is 4.69. The van der Waals surface area contributed by atoms with Crippen LogP contribution in [-0.4, -0.2) is 19.1 Å². The highest BCUT2D eigenvalue weighted by molar-refractivity contribution is 5.44. The Morgan fingerprint density at radius 3 is 2.60 bits per heavy atom. The van der Waals surface area contributed by atoms with E-state index in [0.29, 0.717) is 12.1 Å². The van der Waals surface area contributed by atoms with E-state index in [2.05, 4.69) is 17.2 Å². The van der Waals surface area contributed by atoms with Gasteiger partial charge >= 0.3 is 0 Å². The van der Waals surface area contributed by atoms with Gasteiger partial charge in [-0.15, -0.1) is 0 Å². The van der Waals surface area contributed by atoms with Crippen molar-refractivity contribution in [2.45, 2.75) is 19.5 Å². The fourth-order valence-electron chi connectivity index (χ4n) is 2.00. The number of aromatic nitrogens is 1. The number of hydrogen-bond donors (Lipinski definition) is 1. The van der Waals surface area contributed by atoms with Gasteiger partial charge in [-0.25, -0.2) is 4.39 Å². The van der Waals surface area contributed by atoms with E-state index in [1.807, 2.05) is 43.4 Å². The van der Waals surface area contributed by atoms with Crippen LogP contribution in [0.4, 0.5) is 10.1 Å². The molecule has 0 aliphatic carbocycles. The maximum atomic E-state index is 13.6. The second-order valence-corrected chi connectivity index (χ2v) is 4.90. The Morgan fingerprint density at radius 1 is 1.25 bits per heavy atom. The molecule has 0 spiro atoms. The quantitative estimate of drug-likeness (QED) is 0.907. The van der Waals surface area contributed by atoms with Crippen LogP contribution in [0.5, 0.6) is 0 Å². The van der Waals surface area contributed by atoms with Crippen LogP contribution in [0.25, 0.3) is 0 Å². The van der Waals surface area contributed by atoms with Gasteiger partial charge in [-0.2, -0.15) is 0 Å². The van der Waals surface area contributed by atoms with E-state index in [-0.39, 0.29) is 11.9 Å². The second kappa shape index (κ2) is 6.48. The van der Waals surface area contributed by atoms with Crippen molar-refractivity contribution in [2.24, 2.45) is 0 Å². The van der Waals surface area contributed by atoms with Gasteiger partial charge in [0.1, 0.15) is 5.82 Å². The van der Waals surface area contributed by atoms with E-state index in [9.17, 15) is 4.39 Å². The number of halogens is 1. The van der Waals surface area contributed by atoms with E-state index < -0.39 is 0 Å². The number of benzene rings is 1. The highest BCUT2D eigenvalue weighted by Crippen LogP contribution is 2.18. The molecule has 106 valence electrons. The molecule has 0 aliphatic rings. The molecule has 0 fully saturated rings. The normalized spacial score (nSPS) is 12.2. The predicted octanol–water partition coefficient (Wildman–Crippen LogP) is 3.14. The van der Waals surface area contributed by atoms with Crippen LogP contribution >= 0.6 is 0 Å². The van der Waals surface area contributed by atoms with Gasteiger partial charge in [0, 0.05) is 25.2 Å². The molecule has 2 aromatic rings. The molecule has 0 radical (unpaired) electrons. The number of hydrogen-bond acceptors (Lipinski definition) is 3. The molecule has 0 aliphatic heterocycles. The van der Waals surface area contributed by atoms with Crippen LogP contribution in [0.1, 0.15) is 24.2 Å². The summed E-state index contributed by atoms with van der Waals surface area (Å²) in [6.07, 6.45) is 1.82. The number of anilines is 1. The van der Waals surface area contributed by atoms with Gasteiger partial charge in [0.2, 0.25) is 0 Å². The Balaban J connectivity index is 2.10. The van der Waals surface area contributed by atoms with Gasteiger partial charge in [-0.1, -0.05) is 18.2 Å². The van der Waals surface area contributed by atoms with Crippen molar-refractivity contribution in [3.05, 3.63) is 59.7 Å². The lowest BCUT2D eigenvalue weighted by molar-refractivity contribution is 0.607. The van der Waals surface area contributed by atoms with Crippen molar-refractivity contribution in [3.63, 3.8) is 0 Å². The molecule has 1 atom stereocenters. The minimum atomic E-state index is -0.173. The lowest BCUT2D eigenvalue weighted by Crippen LogP contribution is -2.18. The SMILES string of the molecule is CNC(C)c1ccc(N(C)Cc2ccccc2F)cn1. The monoisotopic (exact) mass is 273 g/mol. The van der Waals surface area contributed by atoms with Gasteiger partial charge in [-0.3, -0.25) is 4.98 Å². The first kappa shape index (κ1) is 14.5. The van der Waals surface area contributed by atoms with Crippen molar-refractivity contribution in [1.29, 1.82) is 0 Å². The number of nitrogens with one attached hydrogen (secondary N) is 1.